The summed E-state index contributed by atoms with van der Waals surface area (Å²) in [7, 11) is 0. The van der Waals surface area contributed by atoms with Gasteiger partial charge in [0.15, 0.2) is 5.78 Å². The smallest absolute Gasteiger partial charge is 0.166 e. The van der Waals surface area contributed by atoms with Gasteiger partial charge in [-0.15, -0.1) is 0 Å². The molecule has 0 aromatic heterocycles. The van der Waals surface area contributed by atoms with E-state index in [-0.39, 0.29) is 11.7 Å². The van der Waals surface area contributed by atoms with Crippen molar-refractivity contribution in [2.75, 3.05) is 0 Å². The van der Waals surface area contributed by atoms with Crippen LogP contribution >= 0.6 is 11.6 Å². The van der Waals surface area contributed by atoms with Crippen molar-refractivity contribution in [2.24, 2.45) is 17.8 Å². The Labute approximate surface area is 115 Å². The van der Waals surface area contributed by atoms with Crippen molar-refractivity contribution in [2.45, 2.75) is 40.0 Å². The zero-order chi connectivity index (χ0) is 13.3. The molecule has 0 radical (unpaired) electrons. The van der Waals surface area contributed by atoms with Gasteiger partial charge in [-0.25, -0.2) is 0 Å². The van der Waals surface area contributed by atoms with Crippen molar-refractivity contribution >= 4 is 17.4 Å². The minimum absolute atomic E-state index is 0.188. The highest BCUT2D eigenvalue weighted by Gasteiger charge is 2.30. The minimum atomic E-state index is 0.188. The molecule has 0 aliphatic heterocycles. The van der Waals surface area contributed by atoms with E-state index in [1.807, 2.05) is 25.1 Å². The van der Waals surface area contributed by atoms with Crippen LogP contribution < -0.4 is 0 Å². The first-order chi connectivity index (χ1) is 8.50. The van der Waals surface area contributed by atoms with Crippen molar-refractivity contribution in [3.63, 3.8) is 0 Å². The topological polar surface area (TPSA) is 17.1 Å². The first-order valence-electron chi connectivity index (χ1n) is 6.80. The summed E-state index contributed by atoms with van der Waals surface area (Å²) in [6.07, 6.45) is 3.21. The van der Waals surface area contributed by atoms with E-state index in [2.05, 4.69) is 13.8 Å². The second-order valence-electron chi connectivity index (χ2n) is 5.74. The van der Waals surface area contributed by atoms with Gasteiger partial charge < -0.3 is 0 Å². The lowest BCUT2D eigenvalue weighted by Crippen LogP contribution is -2.26. The van der Waals surface area contributed by atoms with Crippen LogP contribution in [0.5, 0.6) is 0 Å². The fraction of sp³-hybridized carbons (Fsp3) is 0.562. The molecule has 0 N–H and O–H groups in total. The zero-order valence-electron chi connectivity index (χ0n) is 11.4. The molecule has 98 valence electrons. The highest BCUT2D eigenvalue weighted by Crippen LogP contribution is 2.35. The lowest BCUT2D eigenvalue weighted by atomic mass is 9.73. The van der Waals surface area contributed by atoms with Crippen LogP contribution in [0.4, 0.5) is 0 Å². The normalized spacial score (nSPS) is 28.1. The van der Waals surface area contributed by atoms with Crippen LogP contribution in [0.2, 0.25) is 5.02 Å². The number of ketones is 1. The molecule has 1 aliphatic carbocycles. The lowest BCUT2D eigenvalue weighted by molar-refractivity contribution is 0.0837. The molecule has 18 heavy (non-hydrogen) atoms. The summed E-state index contributed by atoms with van der Waals surface area (Å²) in [5.41, 5.74) is 1.74. The van der Waals surface area contributed by atoms with Crippen LogP contribution in [0, 0.1) is 24.7 Å². The lowest BCUT2D eigenvalue weighted by Gasteiger charge is -2.31. The van der Waals surface area contributed by atoms with Gasteiger partial charge in [0.1, 0.15) is 0 Å². The summed E-state index contributed by atoms with van der Waals surface area (Å²) in [5.74, 6) is 1.86. The van der Waals surface area contributed by atoms with Gasteiger partial charge in [-0.2, -0.15) is 0 Å². The van der Waals surface area contributed by atoms with E-state index < -0.39 is 0 Å². The third kappa shape index (κ3) is 2.61. The van der Waals surface area contributed by atoms with Crippen LogP contribution in [0.25, 0.3) is 0 Å². The largest absolute Gasteiger partial charge is 0.294 e. The molecule has 0 bridgehead atoms. The molecule has 0 spiro atoms. The molecule has 1 saturated carbocycles. The molecular formula is C16H21ClO. The fourth-order valence-electron chi connectivity index (χ4n) is 2.88. The average molecular weight is 265 g/mol. The molecule has 1 aromatic rings. The van der Waals surface area contributed by atoms with E-state index in [0.717, 1.165) is 36.3 Å². The molecule has 3 atom stereocenters. The van der Waals surface area contributed by atoms with Crippen LogP contribution in [0.3, 0.4) is 0 Å². The van der Waals surface area contributed by atoms with Crippen molar-refractivity contribution in [3.05, 3.63) is 34.3 Å². The molecule has 1 aromatic carbocycles. The molecule has 1 fully saturated rings. The van der Waals surface area contributed by atoms with Gasteiger partial charge in [0, 0.05) is 16.5 Å². The standard InChI is InChI=1S/C16H21ClO/c1-10-7-8-13(9-11(10)2)16(18)14-5-4-6-15(17)12(14)3/h4-6,10-11,13H,7-9H2,1-3H3. The molecule has 0 saturated heterocycles. The Morgan fingerprint density at radius 3 is 2.61 bits per heavy atom. The van der Waals surface area contributed by atoms with E-state index >= 15 is 0 Å². The number of rotatable bonds is 2. The first-order valence-corrected chi connectivity index (χ1v) is 7.17. The van der Waals surface area contributed by atoms with Gasteiger partial charge in [-0.1, -0.05) is 37.6 Å². The first kappa shape index (κ1) is 13.6. The molecule has 3 unspecified atom stereocenters. The van der Waals surface area contributed by atoms with Crippen molar-refractivity contribution in [1.29, 1.82) is 0 Å². The number of hydrogen-bond acceptors (Lipinski definition) is 1. The predicted octanol–water partition coefficient (Wildman–Crippen LogP) is 4.90. The zero-order valence-corrected chi connectivity index (χ0v) is 12.1. The molecule has 2 heteroatoms. The van der Waals surface area contributed by atoms with E-state index in [9.17, 15) is 4.79 Å². The van der Waals surface area contributed by atoms with Gasteiger partial charge in [-0.05, 0) is 49.7 Å². The van der Waals surface area contributed by atoms with Crippen LogP contribution in [-0.2, 0) is 0 Å². The molecule has 0 heterocycles. The molecule has 0 amide bonds. The Balaban J connectivity index is 2.19. The quantitative estimate of drug-likeness (QED) is 0.694. The van der Waals surface area contributed by atoms with E-state index in [4.69, 9.17) is 11.6 Å². The highest BCUT2D eigenvalue weighted by molar-refractivity contribution is 6.31. The number of hydrogen-bond donors (Lipinski definition) is 0. The summed E-state index contributed by atoms with van der Waals surface area (Å²) in [6.45, 7) is 6.48. The summed E-state index contributed by atoms with van der Waals surface area (Å²) >= 11 is 6.10. The number of benzene rings is 1. The highest BCUT2D eigenvalue weighted by atomic mass is 35.5. The fourth-order valence-corrected chi connectivity index (χ4v) is 3.05. The Morgan fingerprint density at radius 2 is 1.94 bits per heavy atom. The number of Topliss-reactive ketones (excluding diaryl/α,β-unsaturated/α-hetero) is 1. The maximum absolute atomic E-state index is 12.6. The maximum atomic E-state index is 12.6. The van der Waals surface area contributed by atoms with Gasteiger partial charge in [0.25, 0.3) is 0 Å². The van der Waals surface area contributed by atoms with Crippen molar-refractivity contribution < 1.29 is 4.79 Å². The second-order valence-corrected chi connectivity index (χ2v) is 6.15. The average Bonchev–Trinajstić information content (AvgIpc) is 2.35. The number of carbonyl (C=O) groups is 1. The molecule has 1 nitrogen and oxygen atoms in total. The molecule has 2 rings (SSSR count). The Morgan fingerprint density at radius 1 is 1.22 bits per heavy atom. The Hall–Kier alpha value is -0.820. The number of carbonyl (C=O) groups excluding carboxylic acids is 1. The van der Waals surface area contributed by atoms with Crippen molar-refractivity contribution in [1.82, 2.24) is 0 Å². The monoisotopic (exact) mass is 264 g/mol. The Bertz CT molecular complexity index is 452. The minimum Gasteiger partial charge on any atom is -0.294 e. The maximum Gasteiger partial charge on any atom is 0.166 e. The van der Waals surface area contributed by atoms with Crippen LogP contribution in [0.1, 0.15) is 49.0 Å². The van der Waals surface area contributed by atoms with E-state index in [0.29, 0.717) is 10.9 Å². The third-order valence-electron chi connectivity index (χ3n) is 4.50. The SMILES string of the molecule is Cc1c(Cl)cccc1C(=O)C1CCC(C)C(C)C1. The van der Waals surface area contributed by atoms with Crippen molar-refractivity contribution in [3.8, 4) is 0 Å². The third-order valence-corrected chi connectivity index (χ3v) is 4.91. The van der Waals surface area contributed by atoms with E-state index in [1.54, 1.807) is 0 Å². The summed E-state index contributed by atoms with van der Waals surface area (Å²) in [5, 5.41) is 0.693. The van der Waals surface area contributed by atoms with Crippen LogP contribution in [0.15, 0.2) is 18.2 Å². The second kappa shape index (κ2) is 5.44. The van der Waals surface area contributed by atoms with Crippen LogP contribution in [-0.4, -0.2) is 5.78 Å². The number of halogens is 1. The van der Waals surface area contributed by atoms with Gasteiger partial charge >= 0.3 is 0 Å². The van der Waals surface area contributed by atoms with E-state index in [1.165, 1.54) is 0 Å². The summed E-state index contributed by atoms with van der Waals surface area (Å²) < 4.78 is 0. The summed E-state index contributed by atoms with van der Waals surface area (Å²) in [4.78, 5) is 12.6. The molecular weight excluding hydrogens is 244 g/mol. The summed E-state index contributed by atoms with van der Waals surface area (Å²) in [6, 6.07) is 5.63. The van der Waals surface area contributed by atoms with Gasteiger partial charge in [0.05, 0.1) is 0 Å². The van der Waals surface area contributed by atoms with Gasteiger partial charge in [0.2, 0.25) is 0 Å². The molecule has 1 aliphatic rings. The Kier molecular flexibility index (Phi) is 4.11. The predicted molar refractivity (Wildman–Crippen MR) is 76.2 cm³/mol. The van der Waals surface area contributed by atoms with Gasteiger partial charge in [-0.3, -0.25) is 4.79 Å².